The van der Waals surface area contributed by atoms with E-state index in [1.165, 1.54) is 0 Å². The van der Waals surface area contributed by atoms with Crippen molar-refractivity contribution in [1.82, 2.24) is 0 Å². The third kappa shape index (κ3) is 4.11. The zero-order valence-corrected chi connectivity index (χ0v) is 12.8. The summed E-state index contributed by atoms with van der Waals surface area (Å²) in [5, 5.41) is 0. The van der Waals surface area contributed by atoms with E-state index in [0.717, 1.165) is 12.8 Å². The zero-order valence-electron chi connectivity index (χ0n) is 12.8. The highest BCUT2D eigenvalue weighted by Crippen LogP contribution is 2.25. The van der Waals surface area contributed by atoms with E-state index in [-0.39, 0.29) is 24.3 Å². The second kappa shape index (κ2) is 6.80. The topological polar surface area (TPSA) is 70.8 Å². The third-order valence-electron chi connectivity index (χ3n) is 3.47. The van der Waals surface area contributed by atoms with Crippen LogP contribution in [-0.2, 0) is 9.47 Å². The molecule has 0 aliphatic carbocycles. The van der Waals surface area contributed by atoms with Crippen molar-refractivity contribution in [2.24, 2.45) is 0 Å². The van der Waals surface area contributed by atoms with Gasteiger partial charge >= 0.3 is 5.97 Å². The van der Waals surface area contributed by atoms with Gasteiger partial charge in [-0.05, 0) is 39.0 Å². The summed E-state index contributed by atoms with van der Waals surface area (Å²) in [5.74, 6) is 0.235. The van der Waals surface area contributed by atoms with Gasteiger partial charge in [-0.3, -0.25) is 0 Å². The van der Waals surface area contributed by atoms with Crippen LogP contribution in [0.25, 0.3) is 0 Å². The Balaban J connectivity index is 2.01. The van der Waals surface area contributed by atoms with Crippen LogP contribution in [0.15, 0.2) is 18.2 Å². The molecule has 1 aliphatic rings. The molecule has 21 heavy (non-hydrogen) atoms. The van der Waals surface area contributed by atoms with E-state index in [4.69, 9.17) is 19.9 Å². The number of hydrogen-bond acceptors (Lipinski definition) is 5. The van der Waals surface area contributed by atoms with Crippen molar-refractivity contribution in [2.45, 2.75) is 51.9 Å². The molecule has 2 N–H and O–H groups in total. The summed E-state index contributed by atoms with van der Waals surface area (Å²) in [6.07, 6.45) is 1.56. The Morgan fingerprint density at radius 3 is 2.57 bits per heavy atom. The fraction of sp³-hybridized carbons (Fsp3) is 0.562. The van der Waals surface area contributed by atoms with Crippen LogP contribution < -0.4 is 10.5 Å². The quantitative estimate of drug-likeness (QED) is 0.682. The first-order chi connectivity index (χ1) is 9.99. The first-order valence-electron chi connectivity index (χ1n) is 7.38. The molecule has 0 spiro atoms. The SMILES string of the molecule is CCOc1ccc(C(=O)OC2CC(C)OC(C)C2)cc1N. The Kier molecular flexibility index (Phi) is 5.07. The van der Waals surface area contributed by atoms with Crippen molar-refractivity contribution in [1.29, 1.82) is 0 Å². The molecule has 1 saturated heterocycles. The summed E-state index contributed by atoms with van der Waals surface area (Å²) in [6, 6.07) is 4.97. The molecule has 0 radical (unpaired) electrons. The highest BCUT2D eigenvalue weighted by molar-refractivity contribution is 5.91. The average molecular weight is 293 g/mol. The van der Waals surface area contributed by atoms with Gasteiger partial charge < -0.3 is 19.9 Å². The molecule has 1 aromatic carbocycles. The van der Waals surface area contributed by atoms with Crippen molar-refractivity contribution in [3.8, 4) is 5.75 Å². The summed E-state index contributed by atoms with van der Waals surface area (Å²) in [7, 11) is 0. The molecule has 1 aliphatic heterocycles. The molecule has 5 heteroatoms. The second-order valence-electron chi connectivity index (χ2n) is 5.44. The number of nitrogens with two attached hydrogens (primary N) is 1. The van der Waals surface area contributed by atoms with Crippen molar-refractivity contribution >= 4 is 11.7 Å². The Morgan fingerprint density at radius 1 is 1.33 bits per heavy atom. The smallest absolute Gasteiger partial charge is 0.338 e. The lowest BCUT2D eigenvalue weighted by atomic mass is 10.0. The first kappa shape index (κ1) is 15.6. The highest BCUT2D eigenvalue weighted by Gasteiger charge is 2.27. The summed E-state index contributed by atoms with van der Waals surface area (Å²) in [4.78, 5) is 12.2. The molecule has 0 amide bonds. The Bertz CT molecular complexity index is 493. The van der Waals surface area contributed by atoms with E-state index in [1.807, 2.05) is 20.8 Å². The van der Waals surface area contributed by atoms with Crippen LogP contribution in [0.3, 0.4) is 0 Å². The molecule has 0 bridgehead atoms. The van der Waals surface area contributed by atoms with Gasteiger partial charge in [0.05, 0.1) is 30.1 Å². The number of benzene rings is 1. The Hall–Kier alpha value is -1.75. The molecule has 1 aromatic rings. The summed E-state index contributed by atoms with van der Waals surface area (Å²) < 4.78 is 16.6. The number of esters is 1. The second-order valence-corrected chi connectivity index (χ2v) is 5.44. The highest BCUT2D eigenvalue weighted by atomic mass is 16.6. The van der Waals surface area contributed by atoms with Gasteiger partial charge in [0, 0.05) is 12.8 Å². The van der Waals surface area contributed by atoms with Crippen LogP contribution in [0.5, 0.6) is 5.75 Å². The minimum absolute atomic E-state index is 0.107. The van der Waals surface area contributed by atoms with Gasteiger partial charge in [0.1, 0.15) is 11.9 Å². The maximum absolute atomic E-state index is 12.2. The predicted octanol–water partition coefficient (Wildman–Crippen LogP) is 2.78. The van der Waals surface area contributed by atoms with Crippen LogP contribution in [0, 0.1) is 0 Å². The predicted molar refractivity (Wildman–Crippen MR) is 80.5 cm³/mol. The lowest BCUT2D eigenvalue weighted by molar-refractivity contribution is -0.0855. The lowest BCUT2D eigenvalue weighted by Gasteiger charge is -2.31. The molecular formula is C16H23NO4. The zero-order chi connectivity index (χ0) is 15.4. The van der Waals surface area contributed by atoms with E-state index in [2.05, 4.69) is 0 Å². The molecule has 2 unspecified atom stereocenters. The Labute approximate surface area is 125 Å². The largest absolute Gasteiger partial charge is 0.492 e. The fourth-order valence-electron chi connectivity index (χ4n) is 2.62. The maximum atomic E-state index is 12.2. The molecule has 2 rings (SSSR count). The minimum Gasteiger partial charge on any atom is -0.492 e. The van der Waals surface area contributed by atoms with E-state index in [0.29, 0.717) is 23.6 Å². The number of anilines is 1. The number of carbonyl (C=O) groups excluding carboxylic acids is 1. The molecular weight excluding hydrogens is 270 g/mol. The van der Waals surface area contributed by atoms with Gasteiger partial charge in [0.25, 0.3) is 0 Å². The van der Waals surface area contributed by atoms with Crippen molar-refractivity contribution in [2.75, 3.05) is 12.3 Å². The molecule has 5 nitrogen and oxygen atoms in total. The molecule has 2 atom stereocenters. The van der Waals surface area contributed by atoms with E-state index in [9.17, 15) is 4.79 Å². The maximum Gasteiger partial charge on any atom is 0.338 e. The molecule has 116 valence electrons. The fourth-order valence-corrected chi connectivity index (χ4v) is 2.62. The standard InChI is InChI=1S/C16H23NO4/c1-4-19-15-6-5-12(9-14(15)17)16(18)21-13-7-10(2)20-11(3)8-13/h5-6,9-11,13H,4,7-8,17H2,1-3H3. The van der Waals surface area contributed by atoms with Gasteiger partial charge in [-0.25, -0.2) is 4.79 Å². The Morgan fingerprint density at radius 2 is 2.00 bits per heavy atom. The van der Waals surface area contributed by atoms with Crippen LogP contribution in [0.2, 0.25) is 0 Å². The number of nitrogen functional groups attached to an aromatic ring is 1. The summed E-state index contributed by atoms with van der Waals surface area (Å²) in [6.45, 7) is 6.40. The monoisotopic (exact) mass is 293 g/mol. The van der Waals surface area contributed by atoms with Crippen LogP contribution >= 0.6 is 0 Å². The number of ether oxygens (including phenoxy) is 3. The van der Waals surface area contributed by atoms with Crippen LogP contribution in [0.1, 0.15) is 44.0 Å². The number of rotatable bonds is 4. The number of carbonyl (C=O) groups is 1. The van der Waals surface area contributed by atoms with Crippen molar-refractivity contribution < 1.29 is 19.0 Å². The lowest BCUT2D eigenvalue weighted by Crippen LogP contribution is -2.35. The van der Waals surface area contributed by atoms with Gasteiger partial charge in [0.15, 0.2) is 0 Å². The molecule has 1 fully saturated rings. The summed E-state index contributed by atoms with van der Waals surface area (Å²) in [5.41, 5.74) is 6.76. The third-order valence-corrected chi connectivity index (χ3v) is 3.47. The number of hydrogen-bond donors (Lipinski definition) is 1. The van der Waals surface area contributed by atoms with Crippen molar-refractivity contribution in [3.63, 3.8) is 0 Å². The molecule has 0 saturated carbocycles. The van der Waals surface area contributed by atoms with Gasteiger partial charge in [-0.2, -0.15) is 0 Å². The van der Waals surface area contributed by atoms with E-state index < -0.39 is 0 Å². The molecule has 1 heterocycles. The van der Waals surface area contributed by atoms with Crippen LogP contribution in [-0.4, -0.2) is 30.9 Å². The van der Waals surface area contributed by atoms with Gasteiger partial charge in [-0.1, -0.05) is 0 Å². The summed E-state index contributed by atoms with van der Waals surface area (Å²) >= 11 is 0. The van der Waals surface area contributed by atoms with Crippen molar-refractivity contribution in [3.05, 3.63) is 23.8 Å². The average Bonchev–Trinajstić information content (AvgIpc) is 2.40. The van der Waals surface area contributed by atoms with E-state index >= 15 is 0 Å². The first-order valence-corrected chi connectivity index (χ1v) is 7.38. The normalized spacial score (nSPS) is 25.4. The van der Waals surface area contributed by atoms with Gasteiger partial charge in [-0.15, -0.1) is 0 Å². The van der Waals surface area contributed by atoms with E-state index in [1.54, 1.807) is 18.2 Å². The minimum atomic E-state index is -0.351. The van der Waals surface area contributed by atoms with Crippen LogP contribution in [0.4, 0.5) is 5.69 Å². The molecule has 0 aromatic heterocycles. The van der Waals surface area contributed by atoms with Gasteiger partial charge in [0.2, 0.25) is 0 Å².